The van der Waals surface area contributed by atoms with Gasteiger partial charge in [-0.3, -0.25) is 4.79 Å². The highest BCUT2D eigenvalue weighted by molar-refractivity contribution is 5.83. The summed E-state index contributed by atoms with van der Waals surface area (Å²) in [4.78, 5) is 14.5. The molecular formula is C12H24N2O. The molecule has 0 aromatic heterocycles. The quantitative estimate of drug-likeness (QED) is 0.768. The number of rotatable bonds is 3. The van der Waals surface area contributed by atoms with E-state index in [1.165, 1.54) is 0 Å². The number of carbonyl (C=O) groups is 1. The maximum absolute atomic E-state index is 12.2. The van der Waals surface area contributed by atoms with Gasteiger partial charge in [0.1, 0.15) is 0 Å². The Kier molecular flexibility index (Phi) is 3.77. The molecule has 1 atom stereocenters. The van der Waals surface area contributed by atoms with Gasteiger partial charge in [0.15, 0.2) is 0 Å². The zero-order chi connectivity index (χ0) is 11.6. The number of hydrogen-bond donors (Lipinski definition) is 1. The Hall–Kier alpha value is -0.570. The molecule has 1 heterocycles. The number of nitrogens with zero attached hydrogens (tertiary/aromatic N) is 1. The molecule has 0 bridgehead atoms. The summed E-state index contributed by atoms with van der Waals surface area (Å²) in [5, 5.41) is 3.06. The van der Waals surface area contributed by atoms with Crippen LogP contribution in [-0.2, 0) is 4.79 Å². The van der Waals surface area contributed by atoms with Gasteiger partial charge in [-0.2, -0.15) is 0 Å². The van der Waals surface area contributed by atoms with E-state index in [0.29, 0.717) is 5.92 Å². The fourth-order valence-electron chi connectivity index (χ4n) is 2.35. The maximum atomic E-state index is 12.2. The Morgan fingerprint density at radius 2 is 1.93 bits per heavy atom. The second-order valence-corrected chi connectivity index (χ2v) is 5.43. The lowest BCUT2D eigenvalue weighted by Crippen LogP contribution is -2.48. The summed E-state index contributed by atoms with van der Waals surface area (Å²) in [6, 6.07) is 0.235. The van der Waals surface area contributed by atoms with Crippen molar-refractivity contribution in [2.75, 3.05) is 20.1 Å². The normalized spacial score (nSPS) is 27.7. The molecule has 1 N–H and O–H groups in total. The van der Waals surface area contributed by atoms with Crippen molar-refractivity contribution in [3.05, 3.63) is 0 Å². The van der Waals surface area contributed by atoms with Gasteiger partial charge >= 0.3 is 0 Å². The summed E-state index contributed by atoms with van der Waals surface area (Å²) in [6.45, 7) is 10.3. The van der Waals surface area contributed by atoms with Crippen LogP contribution < -0.4 is 5.32 Å². The van der Waals surface area contributed by atoms with Gasteiger partial charge in [0.2, 0.25) is 5.91 Å². The molecule has 1 fully saturated rings. The van der Waals surface area contributed by atoms with Crippen LogP contribution in [0.3, 0.4) is 0 Å². The van der Waals surface area contributed by atoms with Crippen molar-refractivity contribution in [2.45, 2.75) is 40.2 Å². The average Bonchev–Trinajstić information content (AvgIpc) is 2.47. The highest BCUT2D eigenvalue weighted by Gasteiger charge is 2.45. The Balaban J connectivity index is 2.78. The number of amides is 1. The number of nitrogens with one attached hydrogen (secondary N) is 1. The van der Waals surface area contributed by atoms with Crippen LogP contribution in [0.2, 0.25) is 0 Å². The molecule has 1 aliphatic heterocycles. The Bertz CT molecular complexity index is 238. The lowest BCUT2D eigenvalue weighted by atomic mass is 9.75. The van der Waals surface area contributed by atoms with Crippen molar-refractivity contribution in [2.24, 2.45) is 11.3 Å². The lowest BCUT2D eigenvalue weighted by molar-refractivity contribution is -0.133. The lowest BCUT2D eigenvalue weighted by Gasteiger charge is -2.32. The van der Waals surface area contributed by atoms with E-state index in [1.54, 1.807) is 0 Å². The Labute approximate surface area is 93.2 Å². The van der Waals surface area contributed by atoms with E-state index in [9.17, 15) is 4.79 Å². The molecule has 0 saturated carbocycles. The van der Waals surface area contributed by atoms with Crippen LogP contribution in [0.15, 0.2) is 0 Å². The SMILES string of the molecule is CC(C)NC(=O)[C@@]1(C(C)C)CCN(C)C1. The third-order valence-corrected chi connectivity index (χ3v) is 3.47. The molecule has 0 aliphatic carbocycles. The Morgan fingerprint density at radius 1 is 1.33 bits per heavy atom. The molecule has 1 rings (SSSR count). The molecule has 0 unspecified atom stereocenters. The minimum atomic E-state index is -0.168. The van der Waals surface area contributed by atoms with Crippen molar-refractivity contribution in [1.29, 1.82) is 0 Å². The zero-order valence-electron chi connectivity index (χ0n) is 10.6. The number of carbonyl (C=O) groups excluding carboxylic acids is 1. The Morgan fingerprint density at radius 3 is 2.27 bits per heavy atom. The van der Waals surface area contributed by atoms with Gasteiger partial charge in [0, 0.05) is 12.6 Å². The third-order valence-electron chi connectivity index (χ3n) is 3.47. The van der Waals surface area contributed by atoms with E-state index in [0.717, 1.165) is 19.5 Å². The largest absolute Gasteiger partial charge is 0.353 e. The number of likely N-dealkylation sites (tertiary alicyclic amines) is 1. The molecule has 0 aromatic rings. The minimum Gasteiger partial charge on any atom is -0.353 e. The van der Waals surface area contributed by atoms with Crippen LogP contribution >= 0.6 is 0 Å². The van der Waals surface area contributed by atoms with Gasteiger partial charge in [0.25, 0.3) is 0 Å². The fraction of sp³-hybridized carbons (Fsp3) is 0.917. The van der Waals surface area contributed by atoms with E-state index in [4.69, 9.17) is 0 Å². The minimum absolute atomic E-state index is 0.168. The molecule has 3 heteroatoms. The van der Waals surface area contributed by atoms with Crippen LogP contribution in [0.5, 0.6) is 0 Å². The predicted octanol–water partition coefficient (Wildman–Crippen LogP) is 1.49. The van der Waals surface area contributed by atoms with Crippen LogP contribution in [0.4, 0.5) is 0 Å². The van der Waals surface area contributed by atoms with Gasteiger partial charge < -0.3 is 10.2 Å². The van der Waals surface area contributed by atoms with Gasteiger partial charge in [-0.1, -0.05) is 13.8 Å². The van der Waals surface area contributed by atoms with E-state index in [-0.39, 0.29) is 17.4 Å². The van der Waals surface area contributed by atoms with Crippen molar-refractivity contribution >= 4 is 5.91 Å². The van der Waals surface area contributed by atoms with Crippen LogP contribution in [0.25, 0.3) is 0 Å². The first kappa shape index (κ1) is 12.5. The topological polar surface area (TPSA) is 32.3 Å². The first-order valence-corrected chi connectivity index (χ1v) is 5.88. The zero-order valence-corrected chi connectivity index (χ0v) is 10.6. The average molecular weight is 212 g/mol. The van der Waals surface area contributed by atoms with Crippen molar-refractivity contribution < 1.29 is 4.79 Å². The smallest absolute Gasteiger partial charge is 0.228 e. The second-order valence-electron chi connectivity index (χ2n) is 5.43. The maximum Gasteiger partial charge on any atom is 0.228 e. The van der Waals surface area contributed by atoms with Gasteiger partial charge in [-0.25, -0.2) is 0 Å². The van der Waals surface area contributed by atoms with E-state index in [1.807, 2.05) is 13.8 Å². The molecule has 1 aliphatic rings. The van der Waals surface area contributed by atoms with E-state index in [2.05, 4.69) is 31.1 Å². The summed E-state index contributed by atoms with van der Waals surface area (Å²) in [7, 11) is 2.09. The highest BCUT2D eigenvalue weighted by Crippen LogP contribution is 2.37. The third kappa shape index (κ3) is 2.51. The molecule has 1 amide bonds. The molecule has 1 saturated heterocycles. The van der Waals surface area contributed by atoms with Crippen molar-refractivity contribution in [3.8, 4) is 0 Å². The summed E-state index contributed by atoms with van der Waals surface area (Å²) in [5.74, 6) is 0.637. The number of hydrogen-bond acceptors (Lipinski definition) is 2. The second kappa shape index (κ2) is 4.52. The molecule has 3 nitrogen and oxygen atoms in total. The van der Waals surface area contributed by atoms with E-state index < -0.39 is 0 Å². The van der Waals surface area contributed by atoms with Crippen LogP contribution in [-0.4, -0.2) is 37.0 Å². The fourth-order valence-corrected chi connectivity index (χ4v) is 2.35. The molecule has 88 valence electrons. The molecule has 0 radical (unpaired) electrons. The first-order valence-electron chi connectivity index (χ1n) is 5.88. The highest BCUT2D eigenvalue weighted by atomic mass is 16.2. The standard InChI is InChI=1S/C12H24N2O/c1-9(2)12(6-7-14(5)8-12)11(15)13-10(3)4/h9-10H,6-8H2,1-5H3,(H,13,15)/t12-/m0/s1. The van der Waals surface area contributed by atoms with Crippen LogP contribution in [0.1, 0.15) is 34.1 Å². The molecule has 0 spiro atoms. The monoisotopic (exact) mass is 212 g/mol. The predicted molar refractivity (Wildman–Crippen MR) is 62.7 cm³/mol. The summed E-state index contributed by atoms with van der Waals surface area (Å²) < 4.78 is 0. The van der Waals surface area contributed by atoms with E-state index >= 15 is 0 Å². The summed E-state index contributed by atoms with van der Waals surface area (Å²) in [5.41, 5.74) is -0.168. The molecular weight excluding hydrogens is 188 g/mol. The summed E-state index contributed by atoms with van der Waals surface area (Å²) >= 11 is 0. The van der Waals surface area contributed by atoms with Gasteiger partial charge in [-0.15, -0.1) is 0 Å². The molecule has 0 aromatic carbocycles. The van der Waals surface area contributed by atoms with Crippen LogP contribution in [0, 0.1) is 11.3 Å². The molecule has 15 heavy (non-hydrogen) atoms. The van der Waals surface area contributed by atoms with Gasteiger partial charge in [-0.05, 0) is 39.8 Å². The summed E-state index contributed by atoms with van der Waals surface area (Å²) in [6.07, 6.45) is 0.986. The van der Waals surface area contributed by atoms with Crippen molar-refractivity contribution in [1.82, 2.24) is 10.2 Å². The first-order chi connectivity index (χ1) is 6.88. The van der Waals surface area contributed by atoms with Crippen molar-refractivity contribution in [3.63, 3.8) is 0 Å². The van der Waals surface area contributed by atoms with Gasteiger partial charge in [0.05, 0.1) is 5.41 Å².